The summed E-state index contributed by atoms with van der Waals surface area (Å²) < 4.78 is 0. The van der Waals surface area contributed by atoms with Crippen LogP contribution in [0.25, 0.3) is 0 Å². The number of aliphatic hydroxyl groups is 1. The highest BCUT2D eigenvalue weighted by Crippen LogP contribution is 2.21. The molecule has 80 valence electrons. The van der Waals surface area contributed by atoms with Gasteiger partial charge in [0.1, 0.15) is 0 Å². The van der Waals surface area contributed by atoms with E-state index in [1.807, 2.05) is 0 Å². The standard InChI is InChI=1S/C12H26O/c1-4-7-10-11(8-5-2)12(13)9-6-3/h11-13H,4-10H2,1-3H3. The lowest BCUT2D eigenvalue weighted by Crippen LogP contribution is -2.20. The van der Waals surface area contributed by atoms with Crippen molar-refractivity contribution in [2.75, 3.05) is 0 Å². The molecule has 0 aromatic rings. The molecule has 0 bridgehead atoms. The quantitative estimate of drug-likeness (QED) is 0.612. The van der Waals surface area contributed by atoms with Crippen molar-refractivity contribution < 1.29 is 5.11 Å². The lowest BCUT2D eigenvalue weighted by atomic mass is 9.89. The summed E-state index contributed by atoms with van der Waals surface area (Å²) in [5.74, 6) is 0.560. The highest BCUT2D eigenvalue weighted by atomic mass is 16.3. The molecule has 1 nitrogen and oxygen atoms in total. The molecule has 0 heterocycles. The van der Waals surface area contributed by atoms with Crippen molar-refractivity contribution in [3.05, 3.63) is 0 Å². The number of unbranched alkanes of at least 4 members (excludes halogenated alkanes) is 1. The zero-order valence-electron chi connectivity index (χ0n) is 9.55. The van der Waals surface area contributed by atoms with Crippen LogP contribution in [-0.2, 0) is 0 Å². The molecule has 0 saturated heterocycles. The average Bonchev–Trinajstić information content (AvgIpc) is 2.12. The number of hydrogen-bond acceptors (Lipinski definition) is 1. The van der Waals surface area contributed by atoms with E-state index in [0.717, 1.165) is 12.8 Å². The smallest absolute Gasteiger partial charge is 0.0568 e. The van der Waals surface area contributed by atoms with Crippen molar-refractivity contribution in [2.45, 2.75) is 71.8 Å². The van der Waals surface area contributed by atoms with Crippen molar-refractivity contribution in [3.63, 3.8) is 0 Å². The molecule has 0 aliphatic carbocycles. The Morgan fingerprint density at radius 1 is 0.846 bits per heavy atom. The van der Waals surface area contributed by atoms with Gasteiger partial charge >= 0.3 is 0 Å². The molecule has 2 atom stereocenters. The van der Waals surface area contributed by atoms with Gasteiger partial charge in [0.25, 0.3) is 0 Å². The maximum absolute atomic E-state index is 9.87. The van der Waals surface area contributed by atoms with E-state index in [1.54, 1.807) is 0 Å². The van der Waals surface area contributed by atoms with E-state index in [2.05, 4.69) is 20.8 Å². The van der Waals surface area contributed by atoms with Crippen LogP contribution in [-0.4, -0.2) is 11.2 Å². The van der Waals surface area contributed by atoms with Gasteiger partial charge in [0.15, 0.2) is 0 Å². The van der Waals surface area contributed by atoms with Crippen LogP contribution in [0.1, 0.15) is 65.7 Å². The first-order valence-electron chi connectivity index (χ1n) is 5.94. The second-order valence-corrected chi connectivity index (χ2v) is 4.05. The summed E-state index contributed by atoms with van der Waals surface area (Å²) in [5, 5.41) is 9.87. The largest absolute Gasteiger partial charge is 0.393 e. The highest BCUT2D eigenvalue weighted by Gasteiger charge is 2.16. The van der Waals surface area contributed by atoms with Crippen molar-refractivity contribution in [1.82, 2.24) is 0 Å². The summed E-state index contributed by atoms with van der Waals surface area (Å²) in [6, 6.07) is 0. The maximum atomic E-state index is 9.87. The Morgan fingerprint density at radius 3 is 1.92 bits per heavy atom. The molecule has 1 N–H and O–H groups in total. The Labute approximate surface area is 83.5 Å². The molecule has 0 rings (SSSR count). The Morgan fingerprint density at radius 2 is 1.46 bits per heavy atom. The molecule has 13 heavy (non-hydrogen) atoms. The first-order chi connectivity index (χ1) is 6.26. The van der Waals surface area contributed by atoms with E-state index >= 15 is 0 Å². The molecule has 0 amide bonds. The monoisotopic (exact) mass is 186 g/mol. The summed E-state index contributed by atoms with van der Waals surface area (Å²) in [4.78, 5) is 0. The summed E-state index contributed by atoms with van der Waals surface area (Å²) >= 11 is 0. The van der Waals surface area contributed by atoms with Gasteiger partial charge in [-0.3, -0.25) is 0 Å². The van der Waals surface area contributed by atoms with E-state index in [-0.39, 0.29) is 6.10 Å². The molecular weight excluding hydrogens is 160 g/mol. The minimum absolute atomic E-state index is 0.0449. The first kappa shape index (κ1) is 13.0. The van der Waals surface area contributed by atoms with Gasteiger partial charge in [-0.15, -0.1) is 0 Å². The normalized spacial score (nSPS) is 15.7. The van der Waals surface area contributed by atoms with E-state index in [9.17, 15) is 5.11 Å². The second-order valence-electron chi connectivity index (χ2n) is 4.05. The van der Waals surface area contributed by atoms with Gasteiger partial charge in [-0.2, -0.15) is 0 Å². The third-order valence-corrected chi connectivity index (χ3v) is 2.72. The Bertz CT molecular complexity index is 101. The lowest BCUT2D eigenvalue weighted by Gasteiger charge is -2.21. The summed E-state index contributed by atoms with van der Waals surface area (Å²) in [7, 11) is 0. The van der Waals surface area contributed by atoms with Gasteiger partial charge in [-0.05, 0) is 25.2 Å². The first-order valence-corrected chi connectivity index (χ1v) is 5.94. The fourth-order valence-corrected chi connectivity index (χ4v) is 1.90. The highest BCUT2D eigenvalue weighted by molar-refractivity contribution is 4.68. The minimum atomic E-state index is -0.0449. The fourth-order valence-electron chi connectivity index (χ4n) is 1.90. The van der Waals surface area contributed by atoms with Gasteiger partial charge in [-0.1, -0.05) is 46.5 Å². The SMILES string of the molecule is CCCCC(CCC)C(O)CCC. The third kappa shape index (κ3) is 6.09. The maximum Gasteiger partial charge on any atom is 0.0568 e. The van der Waals surface area contributed by atoms with Gasteiger partial charge in [0, 0.05) is 0 Å². The molecule has 0 aromatic heterocycles. The van der Waals surface area contributed by atoms with Crippen LogP contribution in [0.4, 0.5) is 0 Å². The average molecular weight is 186 g/mol. The number of hydrogen-bond donors (Lipinski definition) is 1. The molecule has 2 unspecified atom stereocenters. The van der Waals surface area contributed by atoms with Crippen LogP contribution < -0.4 is 0 Å². The summed E-state index contributed by atoms with van der Waals surface area (Å²) in [5.41, 5.74) is 0. The van der Waals surface area contributed by atoms with Crippen molar-refractivity contribution >= 4 is 0 Å². The second kappa shape index (κ2) is 8.55. The van der Waals surface area contributed by atoms with Crippen LogP contribution in [0.15, 0.2) is 0 Å². The molecule has 0 fully saturated rings. The Balaban J connectivity index is 3.75. The molecular formula is C12H26O. The minimum Gasteiger partial charge on any atom is -0.393 e. The number of aliphatic hydroxyl groups excluding tert-OH is 1. The fraction of sp³-hybridized carbons (Fsp3) is 1.00. The summed E-state index contributed by atoms with van der Waals surface area (Å²) in [6.45, 7) is 6.57. The Hall–Kier alpha value is -0.0400. The molecule has 0 aliphatic heterocycles. The van der Waals surface area contributed by atoms with Crippen molar-refractivity contribution in [3.8, 4) is 0 Å². The van der Waals surface area contributed by atoms with E-state index < -0.39 is 0 Å². The van der Waals surface area contributed by atoms with Gasteiger partial charge < -0.3 is 5.11 Å². The van der Waals surface area contributed by atoms with Gasteiger partial charge in [0.05, 0.1) is 6.10 Å². The van der Waals surface area contributed by atoms with Crippen molar-refractivity contribution in [1.29, 1.82) is 0 Å². The topological polar surface area (TPSA) is 20.2 Å². The molecule has 0 saturated carbocycles. The van der Waals surface area contributed by atoms with Crippen molar-refractivity contribution in [2.24, 2.45) is 5.92 Å². The van der Waals surface area contributed by atoms with Gasteiger partial charge in [0.2, 0.25) is 0 Å². The van der Waals surface area contributed by atoms with E-state index in [0.29, 0.717) is 5.92 Å². The van der Waals surface area contributed by atoms with Crippen LogP contribution in [0.3, 0.4) is 0 Å². The third-order valence-electron chi connectivity index (χ3n) is 2.72. The van der Waals surface area contributed by atoms with E-state index in [1.165, 1.54) is 32.1 Å². The van der Waals surface area contributed by atoms with E-state index in [4.69, 9.17) is 0 Å². The number of rotatable bonds is 8. The Kier molecular flexibility index (Phi) is 8.53. The van der Waals surface area contributed by atoms with Crippen LogP contribution in [0.5, 0.6) is 0 Å². The molecule has 0 aromatic carbocycles. The lowest BCUT2D eigenvalue weighted by molar-refractivity contribution is 0.0864. The summed E-state index contributed by atoms with van der Waals surface area (Å²) in [6.07, 6.45) is 8.17. The van der Waals surface area contributed by atoms with Crippen LogP contribution >= 0.6 is 0 Å². The zero-order valence-corrected chi connectivity index (χ0v) is 9.55. The molecule has 0 spiro atoms. The van der Waals surface area contributed by atoms with Crippen LogP contribution in [0, 0.1) is 5.92 Å². The predicted octanol–water partition coefficient (Wildman–Crippen LogP) is 3.75. The van der Waals surface area contributed by atoms with Gasteiger partial charge in [-0.25, -0.2) is 0 Å². The molecule has 0 aliphatic rings. The zero-order chi connectivity index (χ0) is 10.1. The predicted molar refractivity (Wildman–Crippen MR) is 58.8 cm³/mol. The van der Waals surface area contributed by atoms with Crippen LogP contribution in [0.2, 0.25) is 0 Å². The molecule has 1 heteroatoms. The molecule has 0 radical (unpaired) electrons.